The molecule has 0 bridgehead atoms. The van der Waals surface area contributed by atoms with Gasteiger partial charge in [0.1, 0.15) is 5.76 Å². The molecule has 0 saturated heterocycles. The molecular weight excluding hydrogens is 212 g/mol. The van der Waals surface area contributed by atoms with E-state index in [2.05, 4.69) is 16.9 Å². The maximum atomic E-state index is 11.2. The van der Waals surface area contributed by atoms with Gasteiger partial charge in [-0.25, -0.2) is 4.98 Å². The monoisotopic (exact) mass is 226 g/mol. The molecule has 0 spiro atoms. The van der Waals surface area contributed by atoms with Crippen molar-refractivity contribution in [3.05, 3.63) is 24.1 Å². The van der Waals surface area contributed by atoms with E-state index >= 15 is 0 Å². The third-order valence-corrected chi connectivity index (χ3v) is 2.61. The summed E-state index contributed by atoms with van der Waals surface area (Å²) in [7, 11) is 0. The molecule has 82 valence electrons. The summed E-state index contributed by atoms with van der Waals surface area (Å²) in [5.41, 5.74) is 0.865. The predicted octanol–water partition coefficient (Wildman–Crippen LogP) is 1.69. The molecule has 0 aliphatic rings. The lowest BCUT2D eigenvalue weighted by Crippen LogP contribution is -2.24. The second-order valence-electron chi connectivity index (χ2n) is 3.00. The molecule has 4 nitrogen and oxygen atoms in total. The highest BCUT2D eigenvalue weighted by Gasteiger charge is 2.08. The SMILES string of the molecule is C=CCNC(=O)CSc1nc(C)c(C)o1. The molecule has 0 atom stereocenters. The Bertz CT molecular complexity index is 341. The summed E-state index contributed by atoms with van der Waals surface area (Å²) in [5, 5.41) is 3.22. The lowest BCUT2D eigenvalue weighted by molar-refractivity contribution is -0.118. The highest BCUT2D eigenvalue weighted by molar-refractivity contribution is 7.99. The first-order chi connectivity index (χ1) is 7.13. The maximum Gasteiger partial charge on any atom is 0.256 e. The van der Waals surface area contributed by atoms with E-state index in [1.54, 1.807) is 6.08 Å². The highest BCUT2D eigenvalue weighted by Crippen LogP contribution is 2.19. The van der Waals surface area contributed by atoms with Crippen molar-refractivity contribution in [3.63, 3.8) is 0 Å². The van der Waals surface area contributed by atoms with Gasteiger partial charge in [-0.1, -0.05) is 17.8 Å². The zero-order valence-corrected chi connectivity index (χ0v) is 9.69. The van der Waals surface area contributed by atoms with Crippen LogP contribution in [0.2, 0.25) is 0 Å². The van der Waals surface area contributed by atoms with Crippen molar-refractivity contribution in [1.82, 2.24) is 10.3 Å². The topological polar surface area (TPSA) is 55.1 Å². The zero-order valence-electron chi connectivity index (χ0n) is 8.87. The van der Waals surface area contributed by atoms with Crippen LogP contribution in [0.4, 0.5) is 0 Å². The fraction of sp³-hybridized carbons (Fsp3) is 0.400. The number of oxazole rings is 1. The van der Waals surface area contributed by atoms with Crippen LogP contribution >= 0.6 is 11.8 Å². The van der Waals surface area contributed by atoms with Gasteiger partial charge in [0.15, 0.2) is 0 Å². The third-order valence-electron chi connectivity index (χ3n) is 1.78. The molecule has 15 heavy (non-hydrogen) atoms. The van der Waals surface area contributed by atoms with Gasteiger partial charge in [0.05, 0.1) is 11.4 Å². The van der Waals surface area contributed by atoms with Gasteiger partial charge < -0.3 is 9.73 Å². The van der Waals surface area contributed by atoms with E-state index in [4.69, 9.17) is 4.42 Å². The van der Waals surface area contributed by atoms with E-state index in [1.807, 2.05) is 13.8 Å². The van der Waals surface area contributed by atoms with E-state index < -0.39 is 0 Å². The molecule has 1 aromatic rings. The van der Waals surface area contributed by atoms with Crippen LogP contribution in [0.3, 0.4) is 0 Å². The smallest absolute Gasteiger partial charge is 0.256 e. The summed E-state index contributed by atoms with van der Waals surface area (Å²) in [5.74, 6) is 1.06. The number of aromatic nitrogens is 1. The second-order valence-corrected chi connectivity index (χ2v) is 3.93. The predicted molar refractivity (Wildman–Crippen MR) is 59.9 cm³/mol. The average Bonchev–Trinajstić information content (AvgIpc) is 2.52. The lowest BCUT2D eigenvalue weighted by atomic mass is 10.4. The summed E-state index contributed by atoms with van der Waals surface area (Å²) in [4.78, 5) is 15.4. The van der Waals surface area contributed by atoms with E-state index in [9.17, 15) is 4.79 Å². The summed E-state index contributed by atoms with van der Waals surface area (Å²) in [6.07, 6.45) is 1.64. The van der Waals surface area contributed by atoms with Crippen LogP contribution in [0.5, 0.6) is 0 Å². The van der Waals surface area contributed by atoms with Crippen LogP contribution in [0, 0.1) is 13.8 Å². The minimum absolute atomic E-state index is 0.0478. The number of thioether (sulfide) groups is 1. The summed E-state index contributed by atoms with van der Waals surface area (Å²) >= 11 is 1.29. The van der Waals surface area contributed by atoms with Gasteiger partial charge in [-0.3, -0.25) is 4.79 Å². The van der Waals surface area contributed by atoms with Crippen molar-refractivity contribution in [3.8, 4) is 0 Å². The Morgan fingerprint density at radius 2 is 2.40 bits per heavy atom. The number of amides is 1. The first-order valence-electron chi connectivity index (χ1n) is 4.58. The molecule has 1 rings (SSSR count). The van der Waals surface area contributed by atoms with Crippen LogP contribution < -0.4 is 5.32 Å². The molecule has 0 saturated carbocycles. The standard InChI is InChI=1S/C10H14N2O2S/c1-4-5-11-9(13)6-15-10-12-7(2)8(3)14-10/h4H,1,5-6H2,2-3H3,(H,11,13). The van der Waals surface area contributed by atoms with Gasteiger partial charge >= 0.3 is 0 Å². The Kier molecular flexibility index (Phi) is 4.42. The first-order valence-corrected chi connectivity index (χ1v) is 5.56. The zero-order chi connectivity index (χ0) is 11.3. The fourth-order valence-corrected chi connectivity index (χ4v) is 1.61. The number of hydrogen-bond donors (Lipinski definition) is 1. The van der Waals surface area contributed by atoms with E-state index in [0.717, 1.165) is 11.5 Å². The van der Waals surface area contributed by atoms with Crippen molar-refractivity contribution < 1.29 is 9.21 Å². The Balaban J connectivity index is 2.36. The van der Waals surface area contributed by atoms with Gasteiger partial charge in [0.2, 0.25) is 5.91 Å². The number of carbonyl (C=O) groups is 1. The van der Waals surface area contributed by atoms with Gasteiger partial charge in [-0.05, 0) is 13.8 Å². The molecule has 5 heteroatoms. The minimum Gasteiger partial charge on any atom is -0.437 e. The maximum absolute atomic E-state index is 11.2. The number of rotatable bonds is 5. The first kappa shape index (κ1) is 11.8. The second kappa shape index (κ2) is 5.60. The van der Waals surface area contributed by atoms with Crippen molar-refractivity contribution in [1.29, 1.82) is 0 Å². The van der Waals surface area contributed by atoms with Crippen LogP contribution in [0.15, 0.2) is 22.3 Å². The summed E-state index contributed by atoms with van der Waals surface area (Å²) in [6.45, 7) is 7.73. The van der Waals surface area contributed by atoms with Crippen molar-refractivity contribution >= 4 is 17.7 Å². The molecule has 0 fully saturated rings. The summed E-state index contributed by atoms with van der Waals surface area (Å²) in [6, 6.07) is 0. The van der Waals surface area contributed by atoms with Crippen molar-refractivity contribution in [2.75, 3.05) is 12.3 Å². The highest BCUT2D eigenvalue weighted by atomic mass is 32.2. The number of nitrogens with zero attached hydrogens (tertiary/aromatic N) is 1. The van der Waals surface area contributed by atoms with Gasteiger partial charge in [-0.15, -0.1) is 6.58 Å². The molecule has 0 aromatic carbocycles. The van der Waals surface area contributed by atoms with Gasteiger partial charge in [0.25, 0.3) is 5.22 Å². The largest absolute Gasteiger partial charge is 0.437 e. The molecule has 0 unspecified atom stereocenters. The quantitative estimate of drug-likeness (QED) is 0.613. The van der Waals surface area contributed by atoms with Gasteiger partial charge in [0, 0.05) is 6.54 Å². The van der Waals surface area contributed by atoms with E-state index in [-0.39, 0.29) is 5.91 Å². The normalized spacial score (nSPS) is 10.0. The average molecular weight is 226 g/mol. The number of nitrogens with one attached hydrogen (secondary N) is 1. The van der Waals surface area contributed by atoms with Crippen molar-refractivity contribution in [2.45, 2.75) is 19.1 Å². The van der Waals surface area contributed by atoms with Gasteiger partial charge in [-0.2, -0.15) is 0 Å². The molecule has 0 aliphatic carbocycles. The fourth-order valence-electron chi connectivity index (χ4n) is 0.869. The molecular formula is C10H14N2O2S. The summed E-state index contributed by atoms with van der Waals surface area (Å²) < 4.78 is 5.32. The van der Waals surface area contributed by atoms with Crippen LogP contribution in [0.1, 0.15) is 11.5 Å². The van der Waals surface area contributed by atoms with Crippen molar-refractivity contribution in [2.24, 2.45) is 0 Å². The molecule has 0 radical (unpaired) electrons. The number of aryl methyl sites for hydroxylation is 2. The Labute approximate surface area is 93.1 Å². The molecule has 1 N–H and O–H groups in total. The lowest BCUT2D eigenvalue weighted by Gasteiger charge is -1.98. The molecule has 1 amide bonds. The van der Waals surface area contributed by atoms with Crippen LogP contribution in [-0.2, 0) is 4.79 Å². The Morgan fingerprint density at radius 1 is 1.67 bits per heavy atom. The molecule has 0 aliphatic heterocycles. The third kappa shape index (κ3) is 3.79. The van der Waals surface area contributed by atoms with Crippen LogP contribution in [-0.4, -0.2) is 23.2 Å². The van der Waals surface area contributed by atoms with E-state index in [1.165, 1.54) is 11.8 Å². The number of carbonyl (C=O) groups excluding carboxylic acids is 1. The Hall–Kier alpha value is -1.23. The van der Waals surface area contributed by atoms with Crippen LogP contribution in [0.25, 0.3) is 0 Å². The molecule has 1 heterocycles. The van der Waals surface area contributed by atoms with E-state index in [0.29, 0.717) is 17.5 Å². The molecule has 1 aromatic heterocycles. The Morgan fingerprint density at radius 3 is 2.93 bits per heavy atom. The number of hydrogen-bond acceptors (Lipinski definition) is 4. The minimum atomic E-state index is -0.0478.